The summed E-state index contributed by atoms with van der Waals surface area (Å²) in [5, 5.41) is 13.7. The number of ketones is 1. The molecule has 2 aromatic carbocycles. The molecular formula is C16H12N2O2S3. The molecule has 0 amide bonds. The minimum absolute atomic E-state index is 0.0117. The van der Waals surface area contributed by atoms with Crippen molar-refractivity contribution in [1.29, 1.82) is 0 Å². The summed E-state index contributed by atoms with van der Waals surface area (Å²) in [5.41, 5.74) is 1.48. The Morgan fingerprint density at radius 1 is 1.17 bits per heavy atom. The summed E-state index contributed by atoms with van der Waals surface area (Å²) in [5.74, 6) is 0.415. The highest BCUT2D eigenvalue weighted by Crippen LogP contribution is 2.25. The minimum atomic E-state index is -0.0117. The van der Waals surface area contributed by atoms with Gasteiger partial charge in [-0.1, -0.05) is 41.3 Å². The predicted molar refractivity (Wildman–Crippen MR) is 95.4 cm³/mol. The van der Waals surface area contributed by atoms with Gasteiger partial charge >= 0.3 is 0 Å². The minimum Gasteiger partial charge on any atom is -0.508 e. The molecule has 1 heterocycles. The van der Waals surface area contributed by atoms with Crippen LogP contribution in [0.4, 0.5) is 0 Å². The molecule has 0 fully saturated rings. The van der Waals surface area contributed by atoms with Gasteiger partial charge < -0.3 is 5.11 Å². The summed E-state index contributed by atoms with van der Waals surface area (Å²) in [7, 11) is 0. The fraction of sp³-hybridized carbons (Fsp3) is 0.0625. The smallest absolute Gasteiger partial charge is 0.184 e. The lowest BCUT2D eigenvalue weighted by atomic mass is 10.1. The summed E-state index contributed by atoms with van der Waals surface area (Å²) in [6.07, 6.45) is 0. The third kappa shape index (κ3) is 3.87. The molecule has 0 aliphatic heterocycles. The fourth-order valence-electron chi connectivity index (χ4n) is 1.91. The van der Waals surface area contributed by atoms with E-state index >= 15 is 0 Å². The average molecular weight is 360 g/mol. The monoisotopic (exact) mass is 360 g/mol. The van der Waals surface area contributed by atoms with Crippen molar-refractivity contribution in [3.63, 3.8) is 0 Å². The molecule has 0 unspecified atom stereocenters. The highest BCUT2D eigenvalue weighted by molar-refractivity contribution is 8.01. The lowest BCUT2D eigenvalue weighted by Gasteiger charge is -2.00. The Bertz CT molecular complexity index is 870. The molecule has 23 heavy (non-hydrogen) atoms. The number of thioether (sulfide) groups is 1. The summed E-state index contributed by atoms with van der Waals surface area (Å²) < 4.78 is 3.11. The van der Waals surface area contributed by atoms with E-state index in [4.69, 9.17) is 12.2 Å². The number of nitrogens with zero attached hydrogens (tertiary/aromatic N) is 2. The maximum absolute atomic E-state index is 12.1. The van der Waals surface area contributed by atoms with Crippen molar-refractivity contribution in [2.24, 2.45) is 0 Å². The zero-order valence-electron chi connectivity index (χ0n) is 11.9. The second kappa shape index (κ2) is 7.08. The van der Waals surface area contributed by atoms with Crippen molar-refractivity contribution in [2.75, 3.05) is 5.75 Å². The van der Waals surface area contributed by atoms with Crippen LogP contribution in [0, 0.1) is 3.95 Å². The summed E-state index contributed by atoms with van der Waals surface area (Å²) in [4.78, 5) is 12.1. The first kappa shape index (κ1) is 15.9. The Kier molecular flexibility index (Phi) is 4.90. The second-order valence-electron chi connectivity index (χ2n) is 4.64. The Labute approximate surface area is 146 Å². The van der Waals surface area contributed by atoms with E-state index in [9.17, 15) is 9.90 Å². The Morgan fingerprint density at radius 3 is 2.57 bits per heavy atom. The maximum Gasteiger partial charge on any atom is 0.184 e. The SMILES string of the molecule is O=C(CSc1nn(-c2ccccc2)c(=S)s1)c1ccc(O)cc1. The lowest BCUT2D eigenvalue weighted by molar-refractivity contribution is 0.102. The maximum atomic E-state index is 12.1. The van der Waals surface area contributed by atoms with Crippen LogP contribution in [0.15, 0.2) is 58.9 Å². The van der Waals surface area contributed by atoms with Crippen molar-refractivity contribution >= 4 is 41.1 Å². The number of carbonyl (C=O) groups excluding carboxylic acids is 1. The summed E-state index contributed by atoms with van der Waals surface area (Å²) in [6, 6.07) is 15.9. The Morgan fingerprint density at radius 2 is 1.87 bits per heavy atom. The van der Waals surface area contributed by atoms with Gasteiger partial charge in [-0.15, -0.1) is 5.10 Å². The number of aromatic nitrogens is 2. The number of hydrogen-bond donors (Lipinski definition) is 1. The van der Waals surface area contributed by atoms with Crippen LogP contribution in [0.5, 0.6) is 5.75 Å². The van der Waals surface area contributed by atoms with Crippen molar-refractivity contribution in [1.82, 2.24) is 9.78 Å². The molecule has 0 bridgehead atoms. The number of rotatable bonds is 5. The first-order chi connectivity index (χ1) is 11.1. The van der Waals surface area contributed by atoms with Crippen molar-refractivity contribution in [3.8, 4) is 11.4 Å². The van der Waals surface area contributed by atoms with Gasteiger partial charge in [-0.2, -0.15) is 0 Å². The molecule has 3 aromatic rings. The number of carbonyl (C=O) groups is 1. The van der Waals surface area contributed by atoms with Gasteiger partial charge in [0.1, 0.15) is 5.75 Å². The van der Waals surface area contributed by atoms with Crippen molar-refractivity contribution < 1.29 is 9.90 Å². The number of Topliss-reactive ketones (excluding diaryl/α,β-unsaturated/α-hetero) is 1. The molecule has 0 saturated carbocycles. The normalized spacial score (nSPS) is 10.6. The fourth-order valence-corrected chi connectivity index (χ4v) is 4.17. The summed E-state index contributed by atoms with van der Waals surface area (Å²) in [6.45, 7) is 0. The van der Waals surface area contributed by atoms with Gasteiger partial charge in [-0.25, -0.2) is 4.68 Å². The molecule has 0 aliphatic carbocycles. The number of para-hydroxylation sites is 1. The number of benzene rings is 2. The third-order valence-electron chi connectivity index (χ3n) is 3.05. The van der Waals surface area contributed by atoms with Crippen LogP contribution >= 0.6 is 35.3 Å². The molecule has 7 heteroatoms. The molecule has 0 spiro atoms. The quantitative estimate of drug-likeness (QED) is 0.417. The van der Waals surface area contributed by atoms with Gasteiger partial charge in [-0.05, 0) is 48.6 Å². The van der Waals surface area contributed by atoms with E-state index in [1.807, 2.05) is 30.3 Å². The number of hydrogen-bond acceptors (Lipinski definition) is 6. The average Bonchev–Trinajstić information content (AvgIpc) is 2.95. The molecule has 3 rings (SSSR count). The zero-order chi connectivity index (χ0) is 16.2. The van der Waals surface area contributed by atoms with Crippen LogP contribution in [0.25, 0.3) is 5.69 Å². The van der Waals surface area contributed by atoms with E-state index in [0.29, 0.717) is 9.52 Å². The van der Waals surface area contributed by atoms with E-state index < -0.39 is 0 Å². The Balaban J connectivity index is 1.71. The van der Waals surface area contributed by atoms with Gasteiger partial charge in [-0.3, -0.25) is 4.79 Å². The first-order valence-electron chi connectivity index (χ1n) is 6.74. The van der Waals surface area contributed by atoms with Gasteiger partial charge in [0.05, 0.1) is 11.4 Å². The highest BCUT2D eigenvalue weighted by Gasteiger charge is 2.10. The highest BCUT2D eigenvalue weighted by atomic mass is 32.2. The molecule has 4 nitrogen and oxygen atoms in total. The molecule has 0 saturated heterocycles. The summed E-state index contributed by atoms with van der Waals surface area (Å²) >= 11 is 8.09. The lowest BCUT2D eigenvalue weighted by Crippen LogP contribution is -2.02. The van der Waals surface area contributed by atoms with Gasteiger partial charge in [0.25, 0.3) is 0 Å². The molecule has 1 N–H and O–H groups in total. The van der Waals surface area contributed by atoms with Gasteiger partial charge in [0, 0.05) is 5.56 Å². The number of phenols is 1. The van der Waals surface area contributed by atoms with Crippen molar-refractivity contribution in [2.45, 2.75) is 4.34 Å². The number of aromatic hydroxyl groups is 1. The molecule has 0 atom stereocenters. The first-order valence-corrected chi connectivity index (χ1v) is 8.95. The van der Waals surface area contributed by atoms with Crippen LogP contribution in [-0.2, 0) is 0 Å². The molecule has 116 valence electrons. The van der Waals surface area contributed by atoms with Crippen LogP contribution in [0.2, 0.25) is 0 Å². The van der Waals surface area contributed by atoms with E-state index in [1.165, 1.54) is 35.2 Å². The molecular weight excluding hydrogens is 348 g/mol. The van der Waals surface area contributed by atoms with Crippen LogP contribution in [0.3, 0.4) is 0 Å². The Hall–Kier alpha value is -1.96. The molecule has 0 aliphatic rings. The second-order valence-corrected chi connectivity index (χ2v) is 7.49. The van der Waals surface area contributed by atoms with E-state index in [1.54, 1.807) is 16.8 Å². The largest absolute Gasteiger partial charge is 0.508 e. The van der Waals surface area contributed by atoms with Crippen LogP contribution in [-0.4, -0.2) is 26.4 Å². The van der Waals surface area contributed by atoms with E-state index in [2.05, 4.69) is 5.10 Å². The third-order valence-corrected chi connectivity index (χ3v) is 5.41. The predicted octanol–water partition coefficient (Wildman–Crippen LogP) is 4.34. The van der Waals surface area contributed by atoms with Gasteiger partial charge in [0.15, 0.2) is 14.1 Å². The van der Waals surface area contributed by atoms with Gasteiger partial charge in [0.2, 0.25) is 0 Å². The standard InChI is InChI=1S/C16H12N2O2S3/c19-13-8-6-11(7-9-13)14(20)10-22-15-17-18(16(21)23-15)12-4-2-1-3-5-12/h1-9,19H,10H2. The molecule has 1 aromatic heterocycles. The zero-order valence-corrected chi connectivity index (χ0v) is 14.3. The van der Waals surface area contributed by atoms with E-state index in [-0.39, 0.29) is 17.3 Å². The van der Waals surface area contributed by atoms with Crippen molar-refractivity contribution in [3.05, 3.63) is 64.1 Å². The van der Waals surface area contributed by atoms with E-state index in [0.717, 1.165) is 10.0 Å². The number of phenolic OH excluding ortho intramolecular Hbond substituents is 1. The van der Waals surface area contributed by atoms with Crippen LogP contribution < -0.4 is 0 Å². The molecule has 0 radical (unpaired) electrons. The topological polar surface area (TPSA) is 55.1 Å². The van der Waals surface area contributed by atoms with Crippen LogP contribution in [0.1, 0.15) is 10.4 Å².